The molecule has 0 radical (unpaired) electrons. The first-order valence-electron chi connectivity index (χ1n) is 9.74. The molecule has 0 unspecified atom stereocenters. The first-order valence-corrected chi connectivity index (χ1v) is 9.74. The molecule has 1 N–H and O–H groups in total. The van der Waals surface area contributed by atoms with Crippen LogP contribution in [0.4, 0.5) is 0 Å². The van der Waals surface area contributed by atoms with Crippen molar-refractivity contribution in [3.63, 3.8) is 0 Å². The second kappa shape index (κ2) is 7.18. The monoisotopic (exact) mass is 366 g/mol. The summed E-state index contributed by atoms with van der Waals surface area (Å²) in [6.45, 7) is 5.05. The third kappa shape index (κ3) is 3.36. The van der Waals surface area contributed by atoms with Crippen LogP contribution in [0.3, 0.4) is 0 Å². The van der Waals surface area contributed by atoms with Gasteiger partial charge < -0.3 is 9.80 Å². The topological polar surface area (TPSA) is 69.3 Å². The van der Waals surface area contributed by atoms with Gasteiger partial charge >= 0.3 is 0 Å². The number of aromatic amines is 1. The highest BCUT2D eigenvalue weighted by Gasteiger charge is 2.46. The molecule has 2 saturated heterocycles. The van der Waals surface area contributed by atoms with Crippen LogP contribution in [0.25, 0.3) is 0 Å². The molecule has 1 aromatic heterocycles. The van der Waals surface area contributed by atoms with E-state index in [-0.39, 0.29) is 23.1 Å². The summed E-state index contributed by atoms with van der Waals surface area (Å²) in [6.07, 6.45) is 4.34. The number of H-pyrrole nitrogens is 1. The van der Waals surface area contributed by atoms with Gasteiger partial charge in [0.15, 0.2) is 0 Å². The third-order valence-corrected chi connectivity index (χ3v) is 6.20. The molecule has 6 heteroatoms. The molecular formula is C21H26N4O2. The van der Waals surface area contributed by atoms with Gasteiger partial charge in [-0.2, -0.15) is 5.10 Å². The van der Waals surface area contributed by atoms with Gasteiger partial charge in [-0.15, -0.1) is 0 Å². The summed E-state index contributed by atoms with van der Waals surface area (Å²) < 4.78 is 0. The average molecular weight is 366 g/mol. The van der Waals surface area contributed by atoms with Crippen molar-refractivity contribution < 1.29 is 9.59 Å². The Kier molecular flexibility index (Phi) is 4.72. The lowest BCUT2D eigenvalue weighted by molar-refractivity contribution is -0.141. The summed E-state index contributed by atoms with van der Waals surface area (Å²) in [5, 5.41) is 6.64. The molecule has 2 fully saturated rings. The van der Waals surface area contributed by atoms with E-state index in [1.807, 2.05) is 28.0 Å². The average Bonchev–Trinajstić information content (AvgIpc) is 3.25. The van der Waals surface area contributed by atoms with Crippen molar-refractivity contribution in [2.24, 2.45) is 5.41 Å². The van der Waals surface area contributed by atoms with E-state index in [0.29, 0.717) is 5.69 Å². The van der Waals surface area contributed by atoms with Gasteiger partial charge in [0, 0.05) is 32.4 Å². The van der Waals surface area contributed by atoms with Crippen molar-refractivity contribution in [1.29, 1.82) is 0 Å². The SMILES string of the molecule is CCN1CC2(CCN(C(=O)c3ccn[nH]3)CC2)C[C@H](c2ccccc2)C1=O. The van der Waals surface area contributed by atoms with Gasteiger partial charge in [0.1, 0.15) is 5.69 Å². The number of amides is 2. The van der Waals surface area contributed by atoms with Gasteiger partial charge in [0.2, 0.25) is 5.91 Å². The van der Waals surface area contributed by atoms with Crippen LogP contribution in [0, 0.1) is 5.41 Å². The van der Waals surface area contributed by atoms with Crippen LogP contribution in [-0.2, 0) is 4.79 Å². The summed E-state index contributed by atoms with van der Waals surface area (Å²) in [5.41, 5.74) is 1.74. The molecular weight excluding hydrogens is 340 g/mol. The standard InChI is InChI=1S/C21H26N4O2/c1-2-24-15-21(14-17(19(24)26)16-6-4-3-5-7-16)9-12-25(13-10-21)20(27)18-8-11-22-23-18/h3-8,11,17H,2,9-10,12-15H2,1H3,(H,22,23)/t17-/m1/s1. The summed E-state index contributed by atoms with van der Waals surface area (Å²) in [6, 6.07) is 11.8. The number of rotatable bonds is 3. The van der Waals surface area contributed by atoms with Crippen molar-refractivity contribution >= 4 is 11.8 Å². The molecule has 2 aromatic rings. The predicted molar refractivity (Wildman–Crippen MR) is 102 cm³/mol. The molecule has 1 atom stereocenters. The number of benzene rings is 1. The fourth-order valence-corrected chi connectivity index (χ4v) is 4.59. The second-order valence-electron chi connectivity index (χ2n) is 7.78. The molecule has 27 heavy (non-hydrogen) atoms. The summed E-state index contributed by atoms with van der Waals surface area (Å²) in [7, 11) is 0. The van der Waals surface area contributed by atoms with E-state index in [4.69, 9.17) is 0 Å². The lowest BCUT2D eigenvalue weighted by Gasteiger charge is -2.49. The van der Waals surface area contributed by atoms with E-state index in [0.717, 1.165) is 51.0 Å². The zero-order chi connectivity index (χ0) is 18.9. The summed E-state index contributed by atoms with van der Waals surface area (Å²) >= 11 is 0. The number of nitrogens with one attached hydrogen (secondary N) is 1. The normalized spacial score (nSPS) is 22.3. The Morgan fingerprint density at radius 3 is 2.59 bits per heavy atom. The zero-order valence-electron chi connectivity index (χ0n) is 15.7. The van der Waals surface area contributed by atoms with Gasteiger partial charge in [-0.05, 0) is 43.2 Å². The first kappa shape index (κ1) is 17.8. The smallest absolute Gasteiger partial charge is 0.271 e. The maximum Gasteiger partial charge on any atom is 0.271 e. The third-order valence-electron chi connectivity index (χ3n) is 6.20. The lowest BCUT2D eigenvalue weighted by Crippen LogP contribution is -2.54. The summed E-state index contributed by atoms with van der Waals surface area (Å²) in [4.78, 5) is 29.5. The van der Waals surface area contributed by atoms with E-state index < -0.39 is 0 Å². The number of carbonyl (C=O) groups is 2. The van der Waals surface area contributed by atoms with Crippen LogP contribution in [0.2, 0.25) is 0 Å². The number of likely N-dealkylation sites (N-methyl/N-ethyl adjacent to an activating group) is 1. The molecule has 0 aliphatic carbocycles. The molecule has 2 aliphatic rings. The molecule has 1 spiro atoms. The van der Waals surface area contributed by atoms with Crippen molar-refractivity contribution in [3.8, 4) is 0 Å². The Hall–Kier alpha value is -2.63. The molecule has 6 nitrogen and oxygen atoms in total. The highest BCUT2D eigenvalue weighted by atomic mass is 16.2. The fraction of sp³-hybridized carbons (Fsp3) is 0.476. The van der Waals surface area contributed by atoms with Crippen LogP contribution >= 0.6 is 0 Å². The highest BCUT2D eigenvalue weighted by Crippen LogP contribution is 2.45. The molecule has 2 aliphatic heterocycles. The number of nitrogens with zero attached hydrogens (tertiary/aromatic N) is 3. The first-order chi connectivity index (χ1) is 13.1. The maximum atomic E-state index is 13.0. The molecule has 2 amide bonds. The molecule has 0 saturated carbocycles. The second-order valence-corrected chi connectivity index (χ2v) is 7.78. The molecule has 4 rings (SSSR count). The number of hydrogen-bond donors (Lipinski definition) is 1. The van der Waals surface area contributed by atoms with E-state index in [2.05, 4.69) is 29.3 Å². The fourth-order valence-electron chi connectivity index (χ4n) is 4.59. The molecule has 1 aromatic carbocycles. The Morgan fingerprint density at radius 1 is 1.22 bits per heavy atom. The largest absolute Gasteiger partial charge is 0.342 e. The Bertz CT molecular complexity index is 795. The van der Waals surface area contributed by atoms with Crippen LogP contribution in [-0.4, -0.2) is 58.0 Å². The Labute approximate surface area is 159 Å². The maximum absolute atomic E-state index is 13.0. The van der Waals surface area contributed by atoms with Crippen molar-refractivity contribution in [3.05, 3.63) is 53.9 Å². The minimum atomic E-state index is -0.0743. The van der Waals surface area contributed by atoms with Crippen LogP contribution in [0.15, 0.2) is 42.6 Å². The molecule has 0 bridgehead atoms. The van der Waals surface area contributed by atoms with E-state index in [1.54, 1.807) is 12.3 Å². The van der Waals surface area contributed by atoms with Crippen LogP contribution in [0.5, 0.6) is 0 Å². The number of carbonyl (C=O) groups excluding carboxylic acids is 2. The predicted octanol–water partition coefficient (Wildman–Crippen LogP) is 2.67. The van der Waals surface area contributed by atoms with Crippen molar-refractivity contribution in [2.45, 2.75) is 32.1 Å². The van der Waals surface area contributed by atoms with Gasteiger partial charge in [-0.25, -0.2) is 0 Å². The lowest BCUT2D eigenvalue weighted by atomic mass is 9.67. The van der Waals surface area contributed by atoms with Crippen molar-refractivity contribution in [1.82, 2.24) is 20.0 Å². The Morgan fingerprint density at radius 2 is 1.96 bits per heavy atom. The number of hydrogen-bond acceptors (Lipinski definition) is 3. The minimum Gasteiger partial charge on any atom is -0.342 e. The van der Waals surface area contributed by atoms with Gasteiger partial charge in [-0.3, -0.25) is 14.7 Å². The number of aromatic nitrogens is 2. The number of piperidine rings is 2. The quantitative estimate of drug-likeness (QED) is 0.908. The van der Waals surface area contributed by atoms with Gasteiger partial charge in [0.05, 0.1) is 5.92 Å². The molecule has 3 heterocycles. The minimum absolute atomic E-state index is 0.0150. The van der Waals surface area contributed by atoms with Gasteiger partial charge in [-0.1, -0.05) is 30.3 Å². The van der Waals surface area contributed by atoms with Crippen LogP contribution in [0.1, 0.15) is 48.2 Å². The van der Waals surface area contributed by atoms with E-state index >= 15 is 0 Å². The zero-order valence-corrected chi connectivity index (χ0v) is 15.7. The molecule has 142 valence electrons. The van der Waals surface area contributed by atoms with Crippen LogP contribution < -0.4 is 0 Å². The van der Waals surface area contributed by atoms with Gasteiger partial charge in [0.25, 0.3) is 5.91 Å². The van der Waals surface area contributed by atoms with Crippen molar-refractivity contribution in [2.75, 3.05) is 26.2 Å². The van der Waals surface area contributed by atoms with E-state index in [9.17, 15) is 9.59 Å². The highest BCUT2D eigenvalue weighted by molar-refractivity contribution is 5.92. The van der Waals surface area contributed by atoms with E-state index in [1.165, 1.54) is 0 Å². The Balaban J connectivity index is 1.51. The number of likely N-dealkylation sites (tertiary alicyclic amines) is 2. The summed E-state index contributed by atoms with van der Waals surface area (Å²) in [5.74, 6) is 0.182.